The molecular formula is C18H29NS. The van der Waals surface area contributed by atoms with Crippen molar-refractivity contribution in [2.75, 3.05) is 18.1 Å². The lowest BCUT2D eigenvalue weighted by molar-refractivity contribution is 0.438. The van der Waals surface area contributed by atoms with E-state index in [2.05, 4.69) is 55.2 Å². The maximum Gasteiger partial charge on any atom is 0.00683 e. The lowest BCUT2D eigenvalue weighted by Gasteiger charge is -2.18. The fourth-order valence-corrected chi connectivity index (χ4v) is 3.35. The minimum atomic E-state index is 0.801. The van der Waals surface area contributed by atoms with Crippen LogP contribution >= 0.6 is 11.8 Å². The Hall–Kier alpha value is -0.470. The molecular weight excluding hydrogens is 262 g/mol. The zero-order chi connectivity index (χ0) is 14.2. The summed E-state index contributed by atoms with van der Waals surface area (Å²) in [5, 5.41) is 3.73. The SMILES string of the molecule is CCSCCCC(CNC1CC1)Cc1cccc(C)c1. The van der Waals surface area contributed by atoms with Crippen molar-refractivity contribution in [2.45, 2.75) is 52.0 Å². The van der Waals surface area contributed by atoms with Crippen molar-refractivity contribution >= 4 is 11.8 Å². The highest BCUT2D eigenvalue weighted by Crippen LogP contribution is 2.21. The molecule has 1 aliphatic carbocycles. The van der Waals surface area contributed by atoms with Crippen molar-refractivity contribution in [3.05, 3.63) is 35.4 Å². The quantitative estimate of drug-likeness (QED) is 0.640. The van der Waals surface area contributed by atoms with Gasteiger partial charge in [-0.2, -0.15) is 11.8 Å². The van der Waals surface area contributed by atoms with Gasteiger partial charge in [0.1, 0.15) is 0 Å². The van der Waals surface area contributed by atoms with Gasteiger partial charge in [0.2, 0.25) is 0 Å². The van der Waals surface area contributed by atoms with Crippen LogP contribution in [-0.2, 0) is 6.42 Å². The van der Waals surface area contributed by atoms with Crippen molar-refractivity contribution in [3.63, 3.8) is 0 Å². The monoisotopic (exact) mass is 291 g/mol. The summed E-state index contributed by atoms with van der Waals surface area (Å²) in [6, 6.07) is 9.87. The van der Waals surface area contributed by atoms with Crippen LogP contribution < -0.4 is 5.32 Å². The molecule has 1 aliphatic rings. The molecule has 1 atom stereocenters. The summed E-state index contributed by atoms with van der Waals surface area (Å²) in [5.74, 6) is 3.38. The van der Waals surface area contributed by atoms with Crippen LogP contribution in [-0.4, -0.2) is 24.1 Å². The summed E-state index contributed by atoms with van der Waals surface area (Å²) in [7, 11) is 0. The number of aryl methyl sites for hydroxylation is 1. The van der Waals surface area contributed by atoms with Crippen LogP contribution in [0.3, 0.4) is 0 Å². The summed E-state index contributed by atoms with van der Waals surface area (Å²) >= 11 is 2.08. The lowest BCUT2D eigenvalue weighted by atomic mass is 9.94. The number of rotatable bonds is 10. The van der Waals surface area contributed by atoms with Crippen LogP contribution in [0.1, 0.15) is 43.7 Å². The fourth-order valence-electron chi connectivity index (χ4n) is 2.69. The number of benzene rings is 1. The first kappa shape index (κ1) is 15.9. The van der Waals surface area contributed by atoms with E-state index in [1.165, 1.54) is 61.3 Å². The molecule has 1 nitrogen and oxygen atoms in total. The Morgan fingerprint density at radius 3 is 2.90 bits per heavy atom. The van der Waals surface area contributed by atoms with Crippen molar-refractivity contribution in [1.82, 2.24) is 5.32 Å². The molecule has 0 radical (unpaired) electrons. The molecule has 0 amide bonds. The molecule has 1 saturated carbocycles. The zero-order valence-corrected chi connectivity index (χ0v) is 13.8. The molecule has 112 valence electrons. The Morgan fingerprint density at radius 1 is 1.35 bits per heavy atom. The Kier molecular flexibility index (Phi) is 6.95. The second kappa shape index (κ2) is 8.74. The van der Waals surface area contributed by atoms with Crippen LogP contribution in [0.2, 0.25) is 0 Å². The average molecular weight is 292 g/mol. The van der Waals surface area contributed by atoms with Crippen LogP contribution in [0.15, 0.2) is 24.3 Å². The Bertz CT molecular complexity index is 387. The summed E-state index contributed by atoms with van der Waals surface area (Å²) in [5.41, 5.74) is 2.90. The van der Waals surface area contributed by atoms with Gasteiger partial charge in [0, 0.05) is 6.04 Å². The van der Waals surface area contributed by atoms with Gasteiger partial charge in [-0.1, -0.05) is 36.8 Å². The molecule has 1 unspecified atom stereocenters. The van der Waals surface area contributed by atoms with E-state index in [-0.39, 0.29) is 0 Å². The molecule has 2 rings (SSSR count). The van der Waals surface area contributed by atoms with E-state index in [1.54, 1.807) is 0 Å². The molecule has 0 saturated heterocycles. The van der Waals surface area contributed by atoms with E-state index < -0.39 is 0 Å². The third kappa shape index (κ3) is 6.32. The highest BCUT2D eigenvalue weighted by atomic mass is 32.2. The van der Waals surface area contributed by atoms with Gasteiger partial charge in [0.15, 0.2) is 0 Å². The summed E-state index contributed by atoms with van der Waals surface area (Å²) in [4.78, 5) is 0. The van der Waals surface area contributed by atoms with E-state index >= 15 is 0 Å². The van der Waals surface area contributed by atoms with Crippen LogP contribution in [0.25, 0.3) is 0 Å². The van der Waals surface area contributed by atoms with Crippen LogP contribution in [0, 0.1) is 12.8 Å². The maximum atomic E-state index is 3.73. The normalized spacial score (nSPS) is 16.3. The minimum Gasteiger partial charge on any atom is -0.314 e. The van der Waals surface area contributed by atoms with E-state index in [1.807, 2.05) is 0 Å². The summed E-state index contributed by atoms with van der Waals surface area (Å²) < 4.78 is 0. The maximum absolute atomic E-state index is 3.73. The molecule has 1 aromatic rings. The van der Waals surface area contributed by atoms with Gasteiger partial charge >= 0.3 is 0 Å². The zero-order valence-electron chi connectivity index (χ0n) is 13.0. The molecule has 0 spiro atoms. The summed E-state index contributed by atoms with van der Waals surface area (Å²) in [6.45, 7) is 5.65. The molecule has 0 aliphatic heterocycles. The number of hydrogen-bond donors (Lipinski definition) is 1. The van der Waals surface area contributed by atoms with Crippen molar-refractivity contribution in [2.24, 2.45) is 5.92 Å². The molecule has 1 aromatic carbocycles. The first-order valence-corrected chi connectivity index (χ1v) is 9.30. The number of thioether (sulfide) groups is 1. The van der Waals surface area contributed by atoms with Gasteiger partial charge in [0.05, 0.1) is 0 Å². The second-order valence-electron chi connectivity index (χ2n) is 6.08. The van der Waals surface area contributed by atoms with Crippen molar-refractivity contribution < 1.29 is 0 Å². The van der Waals surface area contributed by atoms with Gasteiger partial charge in [0.25, 0.3) is 0 Å². The van der Waals surface area contributed by atoms with Crippen molar-refractivity contribution in [3.8, 4) is 0 Å². The van der Waals surface area contributed by atoms with Crippen LogP contribution in [0.4, 0.5) is 0 Å². The molecule has 0 bridgehead atoms. The van der Waals surface area contributed by atoms with Gasteiger partial charge in [-0.25, -0.2) is 0 Å². The Morgan fingerprint density at radius 2 is 2.20 bits per heavy atom. The predicted molar refractivity (Wildman–Crippen MR) is 91.6 cm³/mol. The van der Waals surface area contributed by atoms with E-state index in [4.69, 9.17) is 0 Å². The second-order valence-corrected chi connectivity index (χ2v) is 7.47. The molecule has 0 heterocycles. The van der Waals surface area contributed by atoms with Gasteiger partial charge < -0.3 is 5.32 Å². The molecule has 1 N–H and O–H groups in total. The largest absolute Gasteiger partial charge is 0.314 e. The first-order valence-electron chi connectivity index (χ1n) is 8.14. The smallest absolute Gasteiger partial charge is 0.00683 e. The Balaban J connectivity index is 1.80. The molecule has 0 aromatic heterocycles. The standard InChI is InChI=1S/C18H29NS/c1-3-20-11-5-8-17(14-19-18-9-10-18)13-16-7-4-6-15(2)12-16/h4,6-7,12,17-19H,3,5,8-11,13-14H2,1-2H3. The van der Waals surface area contributed by atoms with Gasteiger partial charge in [-0.05, 0) is 68.6 Å². The van der Waals surface area contributed by atoms with Crippen LogP contribution in [0.5, 0.6) is 0 Å². The molecule has 2 heteroatoms. The molecule has 20 heavy (non-hydrogen) atoms. The van der Waals surface area contributed by atoms with E-state index in [0.717, 1.165) is 12.0 Å². The highest BCUT2D eigenvalue weighted by molar-refractivity contribution is 7.99. The fraction of sp³-hybridized carbons (Fsp3) is 0.667. The Labute approximate surface area is 128 Å². The number of hydrogen-bond acceptors (Lipinski definition) is 2. The summed E-state index contributed by atoms with van der Waals surface area (Å²) in [6.07, 6.45) is 6.74. The topological polar surface area (TPSA) is 12.0 Å². The molecule has 1 fully saturated rings. The lowest BCUT2D eigenvalue weighted by Crippen LogP contribution is -2.26. The predicted octanol–water partition coefficient (Wildman–Crippen LogP) is 4.44. The van der Waals surface area contributed by atoms with Gasteiger partial charge in [-0.3, -0.25) is 0 Å². The van der Waals surface area contributed by atoms with Crippen molar-refractivity contribution in [1.29, 1.82) is 0 Å². The van der Waals surface area contributed by atoms with E-state index in [0.29, 0.717) is 0 Å². The first-order chi connectivity index (χ1) is 9.78. The van der Waals surface area contributed by atoms with E-state index in [9.17, 15) is 0 Å². The van der Waals surface area contributed by atoms with Gasteiger partial charge in [-0.15, -0.1) is 0 Å². The highest BCUT2D eigenvalue weighted by Gasteiger charge is 2.21. The third-order valence-corrected chi connectivity index (χ3v) is 4.97. The third-order valence-electron chi connectivity index (χ3n) is 3.98. The minimum absolute atomic E-state index is 0.801. The number of nitrogens with one attached hydrogen (secondary N) is 1. The average Bonchev–Trinajstić information content (AvgIpc) is 3.25.